The molecule has 2 heteroatoms. The summed E-state index contributed by atoms with van der Waals surface area (Å²) in [4.78, 5) is 0. The summed E-state index contributed by atoms with van der Waals surface area (Å²) >= 11 is 0. The van der Waals surface area contributed by atoms with Gasteiger partial charge in [-0.25, -0.2) is 0 Å². The van der Waals surface area contributed by atoms with Gasteiger partial charge < -0.3 is 9.13 Å². The first-order valence-electron chi connectivity index (χ1n) is 17.5. The summed E-state index contributed by atoms with van der Waals surface area (Å²) in [6, 6.07) is 60.1. The van der Waals surface area contributed by atoms with Crippen molar-refractivity contribution in [3.05, 3.63) is 188 Å². The second-order valence-corrected chi connectivity index (χ2v) is 13.3. The number of allylic oxidation sites excluding steroid dienone is 4. The van der Waals surface area contributed by atoms with Crippen LogP contribution in [0, 0.1) is 0 Å². The molecule has 0 saturated heterocycles. The van der Waals surface area contributed by atoms with E-state index in [-0.39, 0.29) is 0 Å². The number of hydrogen-bond donors (Lipinski definition) is 0. The van der Waals surface area contributed by atoms with Crippen LogP contribution in [0.1, 0.15) is 18.4 Å². The van der Waals surface area contributed by atoms with Gasteiger partial charge in [0.1, 0.15) is 0 Å². The highest BCUT2D eigenvalue weighted by Gasteiger charge is 2.17. The monoisotopic (exact) mass is 638 g/mol. The van der Waals surface area contributed by atoms with E-state index in [1.165, 1.54) is 88.4 Å². The van der Waals surface area contributed by atoms with Crippen molar-refractivity contribution >= 4 is 49.2 Å². The number of rotatable bonds is 5. The Morgan fingerprint density at radius 2 is 0.900 bits per heavy atom. The maximum Gasteiger partial charge on any atom is 0.0547 e. The number of nitrogens with zero attached hydrogens (tertiary/aromatic N) is 2. The van der Waals surface area contributed by atoms with Crippen LogP contribution >= 0.6 is 0 Å². The predicted molar refractivity (Wildman–Crippen MR) is 212 cm³/mol. The molecule has 0 saturated carbocycles. The fraction of sp³-hybridized carbons (Fsp3) is 0.0417. The van der Waals surface area contributed by atoms with Gasteiger partial charge in [-0.1, -0.05) is 121 Å². The maximum absolute atomic E-state index is 2.43. The van der Waals surface area contributed by atoms with Crippen molar-refractivity contribution in [1.29, 1.82) is 0 Å². The van der Waals surface area contributed by atoms with Gasteiger partial charge in [0.2, 0.25) is 0 Å². The second-order valence-electron chi connectivity index (χ2n) is 13.3. The SMILES string of the molecule is C1=CCCC(c2ccc(-n3c4ccc(-c5ccccc5)cc4c4cc(-c5ccc6c7ccccc7n(-c7ccccc7)c6c5)ccc43)cc2)=C1. The zero-order chi connectivity index (χ0) is 33.0. The first kappa shape index (κ1) is 28.6. The van der Waals surface area contributed by atoms with Crippen molar-refractivity contribution in [2.75, 3.05) is 0 Å². The smallest absolute Gasteiger partial charge is 0.0547 e. The Balaban J connectivity index is 1.17. The Hall–Kier alpha value is -6.38. The van der Waals surface area contributed by atoms with E-state index >= 15 is 0 Å². The van der Waals surface area contributed by atoms with Gasteiger partial charge in [0.05, 0.1) is 22.1 Å². The lowest BCUT2D eigenvalue weighted by Crippen LogP contribution is -1.95. The molecule has 2 heterocycles. The van der Waals surface area contributed by atoms with Gasteiger partial charge >= 0.3 is 0 Å². The van der Waals surface area contributed by atoms with E-state index in [1.807, 2.05) is 0 Å². The van der Waals surface area contributed by atoms with Crippen LogP contribution in [0.15, 0.2) is 182 Å². The molecular weight excluding hydrogens is 605 g/mol. The highest BCUT2D eigenvalue weighted by molar-refractivity contribution is 6.13. The third kappa shape index (κ3) is 4.64. The summed E-state index contributed by atoms with van der Waals surface area (Å²) < 4.78 is 4.83. The Labute approximate surface area is 291 Å². The van der Waals surface area contributed by atoms with Gasteiger partial charge in [-0.2, -0.15) is 0 Å². The molecule has 2 aromatic heterocycles. The van der Waals surface area contributed by atoms with Gasteiger partial charge in [0.25, 0.3) is 0 Å². The van der Waals surface area contributed by atoms with E-state index in [1.54, 1.807) is 0 Å². The molecule has 9 aromatic rings. The topological polar surface area (TPSA) is 9.86 Å². The molecule has 0 spiro atoms. The van der Waals surface area contributed by atoms with Gasteiger partial charge in [-0.15, -0.1) is 0 Å². The summed E-state index contributed by atoms with van der Waals surface area (Å²) in [6.45, 7) is 0. The molecule has 0 fully saturated rings. The minimum absolute atomic E-state index is 1.09. The second kappa shape index (κ2) is 11.6. The van der Waals surface area contributed by atoms with E-state index in [2.05, 4.69) is 191 Å². The van der Waals surface area contributed by atoms with Gasteiger partial charge in [-0.3, -0.25) is 0 Å². The highest BCUT2D eigenvalue weighted by atomic mass is 15.0. The number of fused-ring (bicyclic) bond motifs is 6. The number of aromatic nitrogens is 2. The van der Waals surface area contributed by atoms with Crippen LogP contribution in [0.5, 0.6) is 0 Å². The van der Waals surface area contributed by atoms with Crippen molar-refractivity contribution in [3.8, 4) is 33.6 Å². The van der Waals surface area contributed by atoms with Crippen LogP contribution in [0.25, 0.3) is 82.8 Å². The van der Waals surface area contributed by atoms with E-state index in [9.17, 15) is 0 Å². The standard InChI is InChI=1S/C48H34N2/c1-4-12-33(13-5-1)35-20-25-40(26-21-35)49-46-28-23-36(34-14-6-2-7-15-34)30-43(46)44-31-37(24-29-47(44)49)38-22-27-42-41-18-10-11-19-45(41)50(48(42)32-38)39-16-8-3-9-17-39/h1-4,6-12,14-32H,5,13H2. The Bertz CT molecular complexity index is 2770. The van der Waals surface area contributed by atoms with Crippen LogP contribution in [0.2, 0.25) is 0 Å². The number of para-hydroxylation sites is 2. The number of hydrogen-bond acceptors (Lipinski definition) is 0. The molecule has 236 valence electrons. The first-order chi connectivity index (χ1) is 24.8. The van der Waals surface area contributed by atoms with Gasteiger partial charge in [-0.05, 0) is 107 Å². The largest absolute Gasteiger partial charge is 0.309 e. The Morgan fingerprint density at radius 1 is 0.360 bits per heavy atom. The lowest BCUT2D eigenvalue weighted by Gasteiger charge is -2.12. The third-order valence-electron chi connectivity index (χ3n) is 10.4. The first-order valence-corrected chi connectivity index (χ1v) is 17.5. The van der Waals surface area contributed by atoms with Crippen molar-refractivity contribution < 1.29 is 0 Å². The van der Waals surface area contributed by atoms with E-state index in [0.29, 0.717) is 0 Å². The van der Waals surface area contributed by atoms with Crippen molar-refractivity contribution in [3.63, 3.8) is 0 Å². The quantitative estimate of drug-likeness (QED) is 0.178. The minimum Gasteiger partial charge on any atom is -0.309 e. The molecule has 0 unspecified atom stereocenters. The summed E-state index contributed by atoms with van der Waals surface area (Å²) in [6.07, 6.45) is 8.88. The molecule has 0 N–H and O–H groups in total. The zero-order valence-electron chi connectivity index (χ0n) is 27.6. The van der Waals surface area contributed by atoms with E-state index < -0.39 is 0 Å². The summed E-state index contributed by atoms with van der Waals surface area (Å²) in [5.74, 6) is 0. The molecule has 0 atom stereocenters. The molecule has 0 bridgehead atoms. The van der Waals surface area contributed by atoms with Crippen molar-refractivity contribution in [2.45, 2.75) is 12.8 Å². The summed E-state index contributed by atoms with van der Waals surface area (Å²) in [7, 11) is 0. The molecule has 1 aliphatic rings. The van der Waals surface area contributed by atoms with Crippen molar-refractivity contribution in [1.82, 2.24) is 9.13 Å². The van der Waals surface area contributed by atoms with Gasteiger partial charge in [0, 0.05) is 32.9 Å². The van der Waals surface area contributed by atoms with Crippen LogP contribution in [-0.4, -0.2) is 9.13 Å². The molecule has 10 rings (SSSR count). The van der Waals surface area contributed by atoms with Crippen LogP contribution in [-0.2, 0) is 0 Å². The molecule has 7 aromatic carbocycles. The Morgan fingerprint density at radius 3 is 1.62 bits per heavy atom. The minimum atomic E-state index is 1.09. The highest BCUT2D eigenvalue weighted by Crippen LogP contribution is 2.39. The fourth-order valence-corrected chi connectivity index (χ4v) is 7.96. The summed E-state index contributed by atoms with van der Waals surface area (Å²) in [5, 5.41) is 5.05. The lowest BCUT2D eigenvalue weighted by atomic mass is 9.97. The van der Waals surface area contributed by atoms with E-state index in [4.69, 9.17) is 0 Å². The van der Waals surface area contributed by atoms with E-state index in [0.717, 1.165) is 12.8 Å². The Kier molecular flexibility index (Phi) is 6.67. The lowest BCUT2D eigenvalue weighted by molar-refractivity contribution is 1.05. The van der Waals surface area contributed by atoms with Gasteiger partial charge in [0.15, 0.2) is 0 Å². The molecule has 0 aliphatic heterocycles. The fourth-order valence-electron chi connectivity index (χ4n) is 7.96. The number of benzene rings is 7. The predicted octanol–water partition coefficient (Wildman–Crippen LogP) is 12.9. The molecule has 50 heavy (non-hydrogen) atoms. The summed E-state index contributed by atoms with van der Waals surface area (Å²) in [5.41, 5.74) is 14.8. The van der Waals surface area contributed by atoms with Crippen LogP contribution < -0.4 is 0 Å². The zero-order valence-corrected chi connectivity index (χ0v) is 27.6. The van der Waals surface area contributed by atoms with Crippen LogP contribution in [0.3, 0.4) is 0 Å². The average Bonchev–Trinajstić information content (AvgIpc) is 3.70. The molecule has 1 aliphatic carbocycles. The maximum atomic E-state index is 2.43. The molecule has 0 radical (unpaired) electrons. The molecule has 2 nitrogen and oxygen atoms in total. The normalized spacial score (nSPS) is 13.1. The molecule has 0 amide bonds. The van der Waals surface area contributed by atoms with Crippen molar-refractivity contribution in [2.24, 2.45) is 0 Å². The third-order valence-corrected chi connectivity index (χ3v) is 10.4. The van der Waals surface area contributed by atoms with Crippen LogP contribution in [0.4, 0.5) is 0 Å². The average molecular weight is 639 g/mol. The molecular formula is C48H34N2.